The third-order valence-electron chi connectivity index (χ3n) is 5.57. The van der Waals surface area contributed by atoms with Gasteiger partial charge in [0.1, 0.15) is 13.2 Å². The van der Waals surface area contributed by atoms with E-state index >= 15 is 0 Å². The number of rotatable bonds is 7. The maximum absolute atomic E-state index is 13.1. The maximum Gasteiger partial charge on any atom is 0.322 e. The van der Waals surface area contributed by atoms with Gasteiger partial charge in [0.25, 0.3) is 5.56 Å². The number of H-pyrrole nitrogens is 1. The average Bonchev–Trinajstić information content (AvgIpc) is 2.78. The minimum atomic E-state index is -0.237. The highest BCUT2D eigenvalue weighted by Crippen LogP contribution is 2.33. The topological polar surface area (TPSA) is 86.9 Å². The van der Waals surface area contributed by atoms with E-state index in [0.29, 0.717) is 42.3 Å². The fraction of sp³-hybridized carbons (Fsp3) is 0.360. The van der Waals surface area contributed by atoms with Crippen LogP contribution in [0, 0.1) is 6.92 Å². The third-order valence-corrected chi connectivity index (χ3v) is 5.57. The van der Waals surface area contributed by atoms with Crippen LogP contribution in [0.1, 0.15) is 17.5 Å². The molecule has 0 fully saturated rings. The number of anilines is 1. The molecular weight excluding hydrogens is 420 g/mol. The van der Waals surface area contributed by atoms with Crippen LogP contribution in [0.4, 0.5) is 10.5 Å². The molecular formula is C25H30N4O4. The van der Waals surface area contributed by atoms with Crippen LogP contribution in [0.3, 0.4) is 0 Å². The molecule has 3 aromatic rings. The number of amides is 2. The molecule has 33 heavy (non-hydrogen) atoms. The molecule has 1 aromatic heterocycles. The monoisotopic (exact) mass is 450 g/mol. The predicted molar refractivity (Wildman–Crippen MR) is 129 cm³/mol. The molecule has 0 radical (unpaired) electrons. The van der Waals surface area contributed by atoms with Crippen LogP contribution in [0.15, 0.2) is 47.3 Å². The van der Waals surface area contributed by atoms with E-state index in [2.05, 4.69) is 15.2 Å². The zero-order chi connectivity index (χ0) is 23.4. The number of ether oxygens (including phenoxy) is 2. The van der Waals surface area contributed by atoms with Gasteiger partial charge in [-0.1, -0.05) is 17.7 Å². The van der Waals surface area contributed by atoms with E-state index in [1.54, 1.807) is 11.0 Å². The lowest BCUT2D eigenvalue weighted by molar-refractivity contribution is 0.172. The summed E-state index contributed by atoms with van der Waals surface area (Å²) in [6.45, 7) is 4.54. The number of aryl methyl sites for hydroxylation is 1. The first-order chi connectivity index (χ1) is 15.9. The quantitative estimate of drug-likeness (QED) is 0.575. The van der Waals surface area contributed by atoms with Crippen molar-refractivity contribution < 1.29 is 14.3 Å². The summed E-state index contributed by atoms with van der Waals surface area (Å²) < 4.78 is 11.3. The minimum absolute atomic E-state index is 0.199. The van der Waals surface area contributed by atoms with Crippen LogP contribution < -0.4 is 20.3 Å². The van der Waals surface area contributed by atoms with Gasteiger partial charge >= 0.3 is 6.03 Å². The molecule has 2 amide bonds. The van der Waals surface area contributed by atoms with Gasteiger partial charge in [0.2, 0.25) is 0 Å². The highest BCUT2D eigenvalue weighted by atomic mass is 16.6. The first kappa shape index (κ1) is 22.7. The lowest BCUT2D eigenvalue weighted by atomic mass is 10.1. The number of carbonyl (C=O) groups excluding carboxylic acids is 1. The van der Waals surface area contributed by atoms with Gasteiger partial charge in [-0.15, -0.1) is 0 Å². The smallest absolute Gasteiger partial charge is 0.322 e. The molecule has 0 unspecified atom stereocenters. The second kappa shape index (κ2) is 9.95. The van der Waals surface area contributed by atoms with Gasteiger partial charge in [0.05, 0.1) is 12.1 Å². The average molecular weight is 451 g/mol. The SMILES string of the molecule is Cc1ccc(NC(=O)N(CCCN(C)C)Cc2cc3cc4c(cc3[nH]c2=O)OCCO4)cc1. The van der Waals surface area contributed by atoms with Crippen LogP contribution in [-0.2, 0) is 6.54 Å². The van der Waals surface area contributed by atoms with Crippen LogP contribution >= 0.6 is 0 Å². The lowest BCUT2D eigenvalue weighted by Crippen LogP contribution is -2.37. The van der Waals surface area contributed by atoms with E-state index in [0.717, 1.165) is 29.6 Å². The van der Waals surface area contributed by atoms with E-state index in [1.165, 1.54) is 0 Å². The maximum atomic E-state index is 13.1. The zero-order valence-electron chi connectivity index (χ0n) is 19.3. The van der Waals surface area contributed by atoms with Gasteiger partial charge in [-0.05, 0) is 58.3 Å². The number of fused-ring (bicyclic) bond motifs is 2. The molecule has 0 saturated heterocycles. The van der Waals surface area contributed by atoms with Crippen LogP contribution in [0.5, 0.6) is 11.5 Å². The predicted octanol–water partition coefficient (Wildman–Crippen LogP) is 3.59. The molecule has 0 atom stereocenters. The van der Waals surface area contributed by atoms with Gasteiger partial charge in [0.15, 0.2) is 11.5 Å². The molecule has 0 bridgehead atoms. The van der Waals surface area contributed by atoms with E-state index in [-0.39, 0.29) is 18.1 Å². The van der Waals surface area contributed by atoms with Crippen molar-refractivity contribution in [2.75, 3.05) is 45.7 Å². The van der Waals surface area contributed by atoms with Crippen LogP contribution in [0.2, 0.25) is 0 Å². The number of nitrogens with one attached hydrogen (secondary N) is 2. The fourth-order valence-corrected chi connectivity index (χ4v) is 3.78. The number of nitrogens with zero attached hydrogens (tertiary/aromatic N) is 2. The summed E-state index contributed by atoms with van der Waals surface area (Å²) >= 11 is 0. The third kappa shape index (κ3) is 5.64. The van der Waals surface area contributed by atoms with Gasteiger partial charge in [-0.25, -0.2) is 4.79 Å². The number of aromatic amines is 1. The van der Waals surface area contributed by atoms with E-state index < -0.39 is 0 Å². The molecule has 2 aromatic carbocycles. The van der Waals surface area contributed by atoms with Crippen LogP contribution in [-0.4, -0.2) is 61.2 Å². The molecule has 8 heteroatoms. The highest BCUT2D eigenvalue weighted by Gasteiger charge is 2.18. The Morgan fingerprint density at radius 2 is 1.73 bits per heavy atom. The summed E-state index contributed by atoms with van der Waals surface area (Å²) in [6.07, 6.45) is 0.790. The number of urea groups is 1. The Bertz CT molecular complexity index is 1190. The van der Waals surface area contributed by atoms with Gasteiger partial charge in [-0.3, -0.25) is 4.79 Å². The first-order valence-corrected chi connectivity index (χ1v) is 11.1. The minimum Gasteiger partial charge on any atom is -0.486 e. The highest BCUT2D eigenvalue weighted by molar-refractivity contribution is 5.89. The summed E-state index contributed by atoms with van der Waals surface area (Å²) in [5.74, 6) is 1.28. The Balaban J connectivity index is 1.58. The van der Waals surface area contributed by atoms with Crippen molar-refractivity contribution in [3.8, 4) is 11.5 Å². The number of carbonyl (C=O) groups is 1. The normalized spacial score (nSPS) is 12.7. The molecule has 0 aliphatic carbocycles. The standard InChI is InChI=1S/C25H30N4O4/c1-17-5-7-20(8-6-17)26-25(31)29(10-4-9-28(2)3)16-19-13-18-14-22-23(33-12-11-32-22)15-21(18)27-24(19)30/h5-8,13-15H,4,9-12,16H2,1-3H3,(H,26,31)(H,27,30). The Labute approximate surface area is 193 Å². The first-order valence-electron chi connectivity index (χ1n) is 11.1. The van der Waals surface area contributed by atoms with Gasteiger partial charge in [0, 0.05) is 29.2 Å². The van der Waals surface area contributed by atoms with E-state index in [4.69, 9.17) is 9.47 Å². The molecule has 0 spiro atoms. The van der Waals surface area contributed by atoms with Crippen molar-refractivity contribution in [1.29, 1.82) is 0 Å². The number of benzene rings is 2. The molecule has 1 aliphatic rings. The molecule has 174 valence electrons. The van der Waals surface area contributed by atoms with Gasteiger partial charge < -0.3 is 29.6 Å². The Morgan fingerprint density at radius 3 is 2.42 bits per heavy atom. The Kier molecular flexibility index (Phi) is 6.84. The lowest BCUT2D eigenvalue weighted by Gasteiger charge is -2.24. The summed E-state index contributed by atoms with van der Waals surface area (Å²) in [4.78, 5) is 32.6. The van der Waals surface area contributed by atoms with E-state index in [1.807, 2.05) is 57.4 Å². The number of hydrogen-bond acceptors (Lipinski definition) is 5. The second-order valence-electron chi connectivity index (χ2n) is 8.58. The second-order valence-corrected chi connectivity index (χ2v) is 8.58. The summed E-state index contributed by atoms with van der Waals surface area (Å²) in [7, 11) is 3.99. The molecule has 2 N–H and O–H groups in total. The largest absolute Gasteiger partial charge is 0.486 e. The van der Waals surface area contributed by atoms with Crippen molar-refractivity contribution >= 4 is 22.6 Å². The molecule has 2 heterocycles. The van der Waals surface area contributed by atoms with Crippen LogP contribution in [0.25, 0.3) is 10.9 Å². The summed E-state index contributed by atoms with van der Waals surface area (Å²) in [5, 5.41) is 3.78. The molecule has 1 aliphatic heterocycles. The summed E-state index contributed by atoms with van der Waals surface area (Å²) in [6, 6.07) is 12.9. The van der Waals surface area contributed by atoms with Crippen molar-refractivity contribution in [1.82, 2.24) is 14.8 Å². The van der Waals surface area contributed by atoms with Crippen molar-refractivity contribution in [2.24, 2.45) is 0 Å². The van der Waals surface area contributed by atoms with E-state index in [9.17, 15) is 9.59 Å². The zero-order valence-corrected chi connectivity index (χ0v) is 19.3. The summed E-state index contributed by atoms with van der Waals surface area (Å²) in [5.41, 5.74) is 2.81. The van der Waals surface area contributed by atoms with Crippen molar-refractivity contribution in [3.05, 3.63) is 63.9 Å². The number of pyridine rings is 1. The molecule has 4 rings (SSSR count). The Morgan fingerprint density at radius 1 is 1.03 bits per heavy atom. The van der Waals surface area contributed by atoms with Crippen molar-refractivity contribution in [3.63, 3.8) is 0 Å². The van der Waals surface area contributed by atoms with Gasteiger partial charge in [-0.2, -0.15) is 0 Å². The molecule has 0 saturated carbocycles. The van der Waals surface area contributed by atoms with Crippen molar-refractivity contribution in [2.45, 2.75) is 19.9 Å². The number of aromatic nitrogens is 1. The number of hydrogen-bond donors (Lipinski definition) is 2. The fourth-order valence-electron chi connectivity index (χ4n) is 3.78. The Hall–Kier alpha value is -3.52. The molecule has 8 nitrogen and oxygen atoms in total.